The molecule has 0 aromatic rings. The second-order valence-corrected chi connectivity index (χ2v) is 7.59. The summed E-state index contributed by atoms with van der Waals surface area (Å²) >= 11 is 0. The monoisotopic (exact) mass is 417 g/mol. The van der Waals surface area contributed by atoms with Crippen LogP contribution in [0.4, 0.5) is 0 Å². The number of hydrogen-bond donors (Lipinski definition) is 2. The van der Waals surface area contributed by atoms with Gasteiger partial charge < -0.3 is 10.6 Å². The Morgan fingerprint density at radius 1 is 0.900 bits per heavy atom. The fourth-order valence-corrected chi connectivity index (χ4v) is 3.18. The van der Waals surface area contributed by atoms with Gasteiger partial charge in [0.1, 0.15) is 5.84 Å². The number of hydrogen-bond acceptors (Lipinski definition) is 2. The summed E-state index contributed by atoms with van der Waals surface area (Å²) in [5.41, 5.74) is 6.97. The normalized spacial score (nSPS) is 13.0. The van der Waals surface area contributed by atoms with E-state index in [9.17, 15) is 0 Å². The fraction of sp³-hybridized carbons (Fsp3) is 0.667. The number of nitrogens with zero attached hydrogens (tertiary/aromatic N) is 1. The lowest BCUT2D eigenvalue weighted by atomic mass is 9.99. The van der Waals surface area contributed by atoms with Crippen LogP contribution in [-0.2, 0) is 0 Å². The summed E-state index contributed by atoms with van der Waals surface area (Å²) in [6.07, 6.45) is 12.4. The van der Waals surface area contributed by atoms with Crippen molar-refractivity contribution in [3.05, 3.63) is 46.2 Å². The Labute approximate surface area is 188 Å². The number of aliphatic imine (C=N–C) groups is 1. The second kappa shape index (κ2) is 20.7. The highest BCUT2D eigenvalue weighted by molar-refractivity contribution is 5.99. The van der Waals surface area contributed by atoms with Crippen molar-refractivity contribution in [2.24, 2.45) is 4.99 Å². The molecule has 0 rings (SSSR count). The van der Waals surface area contributed by atoms with Gasteiger partial charge in [0.25, 0.3) is 0 Å². The van der Waals surface area contributed by atoms with E-state index in [1.165, 1.54) is 36.8 Å². The van der Waals surface area contributed by atoms with E-state index >= 15 is 0 Å². The first-order valence-corrected chi connectivity index (χ1v) is 12.0. The summed E-state index contributed by atoms with van der Waals surface area (Å²) in [5.74, 6) is 1.02. The molecule has 0 bridgehead atoms. The molecule has 0 aliphatic carbocycles. The third kappa shape index (κ3) is 14.4. The van der Waals surface area contributed by atoms with Gasteiger partial charge in [0.15, 0.2) is 0 Å². The van der Waals surface area contributed by atoms with E-state index in [1.54, 1.807) is 11.1 Å². The molecule has 3 heteroatoms. The lowest BCUT2D eigenvalue weighted by Crippen LogP contribution is -2.27. The van der Waals surface area contributed by atoms with Gasteiger partial charge in [-0.1, -0.05) is 63.5 Å². The number of nitrogens with one attached hydrogen (secondary N) is 2. The van der Waals surface area contributed by atoms with Gasteiger partial charge in [0.2, 0.25) is 0 Å². The summed E-state index contributed by atoms with van der Waals surface area (Å²) in [5, 5.41) is 6.77. The third-order valence-electron chi connectivity index (χ3n) is 4.94. The number of amidine groups is 1. The summed E-state index contributed by atoms with van der Waals surface area (Å²) in [7, 11) is 0. The van der Waals surface area contributed by atoms with Gasteiger partial charge in [0, 0.05) is 12.2 Å². The van der Waals surface area contributed by atoms with Gasteiger partial charge in [-0.05, 0) is 91.5 Å². The standard InChI is InChI=1S/C15H29N3.C12H22/c1-7-13(6)18-15(17-9-3)14(12(4)5)10-11-16-8-2;1-5-9-11(7-3)12(8-4)10-6-2/h7,16H,8-11H2,1-6H3,(H,17,18);5,9H,6-8,10H2,1-4H3/b13-7+;9-5-,12-11+. The molecule has 30 heavy (non-hydrogen) atoms. The minimum atomic E-state index is 0.803. The maximum atomic E-state index is 4.59. The van der Waals surface area contributed by atoms with Crippen LogP contribution in [0.25, 0.3) is 0 Å². The van der Waals surface area contributed by atoms with E-state index in [2.05, 4.69) is 96.2 Å². The van der Waals surface area contributed by atoms with E-state index in [0.717, 1.165) is 37.6 Å². The van der Waals surface area contributed by atoms with Gasteiger partial charge in [-0.15, -0.1) is 0 Å². The van der Waals surface area contributed by atoms with Crippen LogP contribution < -0.4 is 10.6 Å². The molecule has 0 radical (unpaired) electrons. The lowest BCUT2D eigenvalue weighted by molar-refractivity contribution is 0.716. The van der Waals surface area contributed by atoms with Crippen LogP contribution in [0.3, 0.4) is 0 Å². The van der Waals surface area contributed by atoms with Crippen molar-refractivity contribution >= 4 is 5.84 Å². The van der Waals surface area contributed by atoms with Gasteiger partial charge in [-0.25, -0.2) is 0 Å². The number of allylic oxidation sites excluding steroid dienone is 7. The Bertz CT molecular complexity index is 585. The van der Waals surface area contributed by atoms with Crippen LogP contribution in [0.2, 0.25) is 0 Å². The second-order valence-electron chi connectivity index (χ2n) is 7.59. The van der Waals surface area contributed by atoms with E-state index < -0.39 is 0 Å². The predicted molar refractivity (Wildman–Crippen MR) is 139 cm³/mol. The van der Waals surface area contributed by atoms with Crippen molar-refractivity contribution in [3.8, 4) is 0 Å². The van der Waals surface area contributed by atoms with Crippen LogP contribution in [0.1, 0.15) is 101 Å². The number of rotatable bonds is 12. The van der Waals surface area contributed by atoms with Crippen LogP contribution >= 0.6 is 0 Å². The van der Waals surface area contributed by atoms with Crippen LogP contribution in [-0.4, -0.2) is 25.5 Å². The highest BCUT2D eigenvalue weighted by Crippen LogP contribution is 2.18. The summed E-state index contributed by atoms with van der Waals surface area (Å²) in [4.78, 5) is 4.59. The molecule has 0 aromatic carbocycles. The third-order valence-corrected chi connectivity index (χ3v) is 4.94. The maximum Gasteiger partial charge on any atom is 0.128 e. The van der Waals surface area contributed by atoms with Gasteiger partial charge >= 0.3 is 0 Å². The molecule has 0 fully saturated rings. The first-order valence-electron chi connectivity index (χ1n) is 12.0. The van der Waals surface area contributed by atoms with Crippen molar-refractivity contribution in [1.29, 1.82) is 0 Å². The van der Waals surface area contributed by atoms with Crippen molar-refractivity contribution in [1.82, 2.24) is 10.6 Å². The molecule has 0 aliphatic heterocycles. The molecule has 0 saturated carbocycles. The molecular weight excluding hydrogens is 366 g/mol. The molecule has 0 saturated heterocycles. The molecule has 0 unspecified atom stereocenters. The average molecular weight is 418 g/mol. The topological polar surface area (TPSA) is 36.4 Å². The van der Waals surface area contributed by atoms with E-state index in [-0.39, 0.29) is 0 Å². The first kappa shape index (κ1) is 30.6. The Kier molecular flexibility index (Phi) is 21.1. The summed E-state index contributed by atoms with van der Waals surface area (Å²) in [6, 6.07) is 0. The molecule has 0 spiro atoms. The fourth-order valence-electron chi connectivity index (χ4n) is 3.18. The van der Waals surface area contributed by atoms with Crippen molar-refractivity contribution < 1.29 is 0 Å². The predicted octanol–water partition coefficient (Wildman–Crippen LogP) is 7.73. The van der Waals surface area contributed by atoms with Crippen molar-refractivity contribution in [2.75, 3.05) is 19.6 Å². The molecule has 0 aromatic heterocycles. The minimum Gasteiger partial charge on any atom is -0.344 e. The van der Waals surface area contributed by atoms with Gasteiger partial charge in [-0.3, -0.25) is 4.99 Å². The molecule has 0 heterocycles. The van der Waals surface area contributed by atoms with Crippen LogP contribution in [0.5, 0.6) is 0 Å². The Morgan fingerprint density at radius 3 is 1.97 bits per heavy atom. The zero-order valence-electron chi connectivity index (χ0n) is 21.8. The Balaban J connectivity index is 0. The largest absolute Gasteiger partial charge is 0.344 e. The highest BCUT2D eigenvalue weighted by Gasteiger charge is 2.08. The zero-order valence-corrected chi connectivity index (χ0v) is 21.8. The molecule has 2 N–H and O–H groups in total. The van der Waals surface area contributed by atoms with E-state index in [1.807, 2.05) is 6.92 Å². The van der Waals surface area contributed by atoms with E-state index in [4.69, 9.17) is 0 Å². The smallest absolute Gasteiger partial charge is 0.128 e. The summed E-state index contributed by atoms with van der Waals surface area (Å²) in [6.45, 7) is 24.2. The Morgan fingerprint density at radius 2 is 1.57 bits per heavy atom. The molecule has 0 amide bonds. The van der Waals surface area contributed by atoms with Gasteiger partial charge in [-0.2, -0.15) is 0 Å². The summed E-state index contributed by atoms with van der Waals surface area (Å²) < 4.78 is 0. The molecule has 174 valence electrons. The van der Waals surface area contributed by atoms with E-state index in [0.29, 0.717) is 0 Å². The lowest BCUT2D eigenvalue weighted by Gasteiger charge is -2.16. The highest BCUT2D eigenvalue weighted by atomic mass is 15.0. The molecule has 0 aliphatic rings. The molecule has 3 nitrogen and oxygen atoms in total. The van der Waals surface area contributed by atoms with Gasteiger partial charge in [0.05, 0.1) is 0 Å². The SMILES string of the molecule is C/C=C(\C)NC(=NCC)C(CCNCC)=C(C)C.C/C=C\C(CC)=C(/CC)CCC. The quantitative estimate of drug-likeness (QED) is 0.147. The zero-order chi connectivity index (χ0) is 23.4. The first-order chi connectivity index (χ1) is 14.4. The minimum absolute atomic E-state index is 0.803. The Hall–Kier alpha value is -1.61. The molecular formula is C27H51N3. The molecule has 0 atom stereocenters. The maximum absolute atomic E-state index is 4.59. The average Bonchev–Trinajstić information content (AvgIpc) is 2.73. The van der Waals surface area contributed by atoms with Crippen molar-refractivity contribution in [3.63, 3.8) is 0 Å². The van der Waals surface area contributed by atoms with Crippen LogP contribution in [0, 0.1) is 0 Å². The van der Waals surface area contributed by atoms with Crippen LogP contribution in [0.15, 0.2) is 51.2 Å². The van der Waals surface area contributed by atoms with Crippen molar-refractivity contribution in [2.45, 2.75) is 101 Å².